The van der Waals surface area contributed by atoms with E-state index < -0.39 is 0 Å². The van der Waals surface area contributed by atoms with Crippen LogP contribution in [0, 0.1) is 5.21 Å². The SMILES string of the molecule is [O-][n+]1cn(CCO)c2ccccc21. The van der Waals surface area contributed by atoms with Crippen molar-refractivity contribution in [2.24, 2.45) is 0 Å². The van der Waals surface area contributed by atoms with Crippen molar-refractivity contribution in [3.8, 4) is 0 Å². The number of aliphatic hydroxyl groups excluding tert-OH is 1. The lowest BCUT2D eigenvalue weighted by molar-refractivity contribution is -0.578. The summed E-state index contributed by atoms with van der Waals surface area (Å²) in [4.78, 5) is 0. The number of aromatic nitrogens is 2. The van der Waals surface area contributed by atoms with E-state index in [9.17, 15) is 5.21 Å². The number of imidazole rings is 1. The summed E-state index contributed by atoms with van der Waals surface area (Å²) in [6.07, 6.45) is 1.45. The summed E-state index contributed by atoms with van der Waals surface area (Å²) >= 11 is 0. The minimum Gasteiger partial charge on any atom is -0.710 e. The van der Waals surface area contributed by atoms with Crippen molar-refractivity contribution in [2.45, 2.75) is 6.54 Å². The first kappa shape index (κ1) is 8.07. The molecule has 68 valence electrons. The lowest BCUT2D eigenvalue weighted by Gasteiger charge is -1.93. The highest BCUT2D eigenvalue weighted by molar-refractivity contribution is 5.71. The molecule has 0 aliphatic rings. The largest absolute Gasteiger partial charge is 0.710 e. The van der Waals surface area contributed by atoms with Gasteiger partial charge in [-0.05, 0) is 12.1 Å². The van der Waals surface area contributed by atoms with Gasteiger partial charge in [-0.1, -0.05) is 12.1 Å². The molecule has 0 bridgehead atoms. The number of benzene rings is 1. The first-order valence-electron chi connectivity index (χ1n) is 4.11. The van der Waals surface area contributed by atoms with Crippen molar-refractivity contribution in [2.75, 3.05) is 6.61 Å². The molecule has 2 aromatic rings. The van der Waals surface area contributed by atoms with Gasteiger partial charge in [0.2, 0.25) is 6.33 Å². The van der Waals surface area contributed by atoms with Gasteiger partial charge >= 0.3 is 0 Å². The second-order valence-electron chi connectivity index (χ2n) is 2.85. The van der Waals surface area contributed by atoms with E-state index >= 15 is 0 Å². The normalized spacial score (nSPS) is 10.8. The lowest BCUT2D eigenvalue weighted by Crippen LogP contribution is -2.23. The van der Waals surface area contributed by atoms with Gasteiger partial charge in [0, 0.05) is 0 Å². The Labute approximate surface area is 75.2 Å². The lowest BCUT2D eigenvalue weighted by atomic mass is 10.3. The van der Waals surface area contributed by atoms with Crippen LogP contribution >= 0.6 is 0 Å². The van der Waals surface area contributed by atoms with Crippen molar-refractivity contribution < 1.29 is 9.84 Å². The number of nitrogens with zero attached hydrogens (tertiary/aromatic N) is 2. The minimum absolute atomic E-state index is 0.0404. The zero-order valence-corrected chi connectivity index (χ0v) is 7.05. The average molecular weight is 178 g/mol. The second-order valence-corrected chi connectivity index (χ2v) is 2.85. The van der Waals surface area contributed by atoms with Crippen LogP contribution in [0.3, 0.4) is 0 Å². The van der Waals surface area contributed by atoms with E-state index in [4.69, 9.17) is 5.11 Å². The van der Waals surface area contributed by atoms with Crippen LogP contribution in [0.1, 0.15) is 0 Å². The fourth-order valence-electron chi connectivity index (χ4n) is 1.43. The van der Waals surface area contributed by atoms with Crippen LogP contribution in [0.2, 0.25) is 0 Å². The Morgan fingerprint density at radius 2 is 2.15 bits per heavy atom. The summed E-state index contributed by atoms with van der Waals surface area (Å²) in [7, 11) is 0. The summed E-state index contributed by atoms with van der Waals surface area (Å²) < 4.78 is 2.55. The summed E-state index contributed by atoms with van der Waals surface area (Å²) in [5.41, 5.74) is 1.49. The zero-order chi connectivity index (χ0) is 9.26. The van der Waals surface area contributed by atoms with Crippen molar-refractivity contribution in [1.82, 2.24) is 4.57 Å². The van der Waals surface area contributed by atoms with Gasteiger partial charge in [0.05, 0.1) is 6.61 Å². The van der Waals surface area contributed by atoms with E-state index in [1.54, 1.807) is 10.6 Å². The maximum absolute atomic E-state index is 11.3. The Balaban J connectivity index is 2.63. The molecule has 0 atom stereocenters. The molecule has 0 saturated carbocycles. The molecule has 0 unspecified atom stereocenters. The third-order valence-corrected chi connectivity index (χ3v) is 2.01. The van der Waals surface area contributed by atoms with Gasteiger partial charge < -0.3 is 10.3 Å². The highest BCUT2D eigenvalue weighted by Gasteiger charge is 2.09. The van der Waals surface area contributed by atoms with E-state index in [2.05, 4.69) is 0 Å². The molecule has 0 radical (unpaired) electrons. The molecule has 0 spiro atoms. The van der Waals surface area contributed by atoms with Gasteiger partial charge in [-0.15, -0.1) is 0 Å². The molecule has 1 aromatic heterocycles. The first-order valence-corrected chi connectivity index (χ1v) is 4.11. The third kappa shape index (κ3) is 1.25. The predicted octanol–water partition coefficient (Wildman–Crippen LogP) is 0.267. The smallest absolute Gasteiger partial charge is 0.247 e. The van der Waals surface area contributed by atoms with Gasteiger partial charge in [-0.2, -0.15) is 0 Å². The maximum atomic E-state index is 11.3. The molecule has 13 heavy (non-hydrogen) atoms. The Morgan fingerprint density at radius 1 is 1.38 bits per heavy atom. The van der Waals surface area contributed by atoms with E-state index in [0.717, 1.165) is 10.2 Å². The van der Waals surface area contributed by atoms with Crippen LogP contribution in [0.25, 0.3) is 11.0 Å². The van der Waals surface area contributed by atoms with Crippen LogP contribution in [0.15, 0.2) is 30.6 Å². The van der Waals surface area contributed by atoms with Crippen LogP contribution in [0.4, 0.5) is 0 Å². The standard InChI is InChI=1S/C9H10N2O2/c12-6-5-10-7-11(13)9-4-2-1-3-8(9)10/h1-4,7,12H,5-6H2. The molecule has 0 fully saturated rings. The van der Waals surface area contributed by atoms with Gasteiger partial charge in [-0.3, -0.25) is 0 Å². The number of rotatable bonds is 2. The van der Waals surface area contributed by atoms with Gasteiger partial charge in [-0.25, -0.2) is 9.30 Å². The number of para-hydroxylation sites is 2. The van der Waals surface area contributed by atoms with Crippen molar-refractivity contribution in [3.63, 3.8) is 0 Å². The molecule has 1 N–H and O–H groups in total. The van der Waals surface area contributed by atoms with E-state index in [-0.39, 0.29) is 6.61 Å². The van der Waals surface area contributed by atoms with Crippen LogP contribution in [0.5, 0.6) is 0 Å². The van der Waals surface area contributed by atoms with E-state index in [1.807, 2.05) is 18.2 Å². The fraction of sp³-hybridized carbons (Fsp3) is 0.222. The Kier molecular flexibility index (Phi) is 1.90. The van der Waals surface area contributed by atoms with Crippen molar-refractivity contribution in [1.29, 1.82) is 0 Å². The molecule has 2 rings (SSSR count). The minimum atomic E-state index is 0.0404. The van der Waals surface area contributed by atoms with Gasteiger partial charge in [0.25, 0.3) is 0 Å². The summed E-state index contributed by atoms with van der Waals surface area (Å²) in [6.45, 7) is 0.494. The predicted molar refractivity (Wildman–Crippen MR) is 48.0 cm³/mol. The van der Waals surface area contributed by atoms with Crippen LogP contribution < -0.4 is 4.73 Å². The number of aliphatic hydroxyl groups is 1. The summed E-state index contributed by atoms with van der Waals surface area (Å²) in [6, 6.07) is 7.31. The second kappa shape index (κ2) is 3.06. The van der Waals surface area contributed by atoms with Gasteiger partial charge in [0.15, 0.2) is 11.0 Å². The average Bonchev–Trinajstić information content (AvgIpc) is 2.46. The molecule has 0 aliphatic heterocycles. The third-order valence-electron chi connectivity index (χ3n) is 2.01. The summed E-state index contributed by atoms with van der Waals surface area (Å²) in [5, 5.41) is 20.0. The molecule has 0 amide bonds. The quantitative estimate of drug-likeness (QED) is 0.530. The molecule has 0 saturated heterocycles. The number of fused-ring (bicyclic) bond motifs is 1. The Hall–Kier alpha value is -1.55. The molecule has 0 aliphatic carbocycles. The molecule has 1 aromatic carbocycles. The van der Waals surface area contributed by atoms with Crippen molar-refractivity contribution in [3.05, 3.63) is 35.8 Å². The van der Waals surface area contributed by atoms with Gasteiger partial charge in [0.1, 0.15) is 6.54 Å². The van der Waals surface area contributed by atoms with E-state index in [0.29, 0.717) is 12.1 Å². The van der Waals surface area contributed by atoms with Crippen LogP contribution in [-0.4, -0.2) is 16.3 Å². The highest BCUT2D eigenvalue weighted by atomic mass is 16.5. The maximum Gasteiger partial charge on any atom is 0.247 e. The Morgan fingerprint density at radius 3 is 2.92 bits per heavy atom. The monoisotopic (exact) mass is 178 g/mol. The molecule has 4 nitrogen and oxygen atoms in total. The molecular formula is C9H10N2O2. The highest BCUT2D eigenvalue weighted by Crippen LogP contribution is 2.09. The number of hydrogen-bond donors (Lipinski definition) is 1. The fourth-order valence-corrected chi connectivity index (χ4v) is 1.43. The number of hydrogen-bond acceptors (Lipinski definition) is 2. The van der Waals surface area contributed by atoms with Crippen LogP contribution in [-0.2, 0) is 6.54 Å². The zero-order valence-electron chi connectivity index (χ0n) is 7.05. The van der Waals surface area contributed by atoms with E-state index in [1.165, 1.54) is 6.33 Å². The molecule has 4 heteroatoms. The Bertz CT molecular complexity index is 422. The van der Waals surface area contributed by atoms with Crippen molar-refractivity contribution >= 4 is 11.0 Å². The first-order chi connectivity index (χ1) is 6.33. The summed E-state index contributed by atoms with van der Waals surface area (Å²) in [5.74, 6) is 0. The topological polar surface area (TPSA) is 52.1 Å². The molecular weight excluding hydrogens is 168 g/mol. The molecule has 1 heterocycles.